The summed E-state index contributed by atoms with van der Waals surface area (Å²) in [6, 6.07) is 14.5. The topological polar surface area (TPSA) is 123 Å². The SMILES string of the molecule is O=C1NC(=O)N(c2ccc(Br)cc2)C(=O)/C1=C\c1ccc(-c2ccc([N+](=O)[O-])cc2)o1. The Balaban J connectivity index is 1.63. The van der Waals surface area contributed by atoms with Crippen molar-refractivity contribution in [2.45, 2.75) is 0 Å². The van der Waals surface area contributed by atoms with E-state index in [9.17, 15) is 24.5 Å². The zero-order valence-electron chi connectivity index (χ0n) is 15.6. The molecule has 1 aliphatic heterocycles. The Morgan fingerprint density at radius 2 is 1.65 bits per heavy atom. The van der Waals surface area contributed by atoms with E-state index in [0.717, 1.165) is 9.37 Å². The lowest BCUT2D eigenvalue weighted by atomic mass is 10.1. The molecule has 154 valence electrons. The quantitative estimate of drug-likeness (QED) is 0.256. The van der Waals surface area contributed by atoms with E-state index in [1.807, 2.05) is 0 Å². The van der Waals surface area contributed by atoms with Crippen molar-refractivity contribution in [1.82, 2.24) is 5.32 Å². The number of furan rings is 1. The molecule has 0 radical (unpaired) electrons. The number of nitro groups is 1. The first kappa shape index (κ1) is 20.2. The predicted molar refractivity (Wildman–Crippen MR) is 114 cm³/mol. The van der Waals surface area contributed by atoms with Gasteiger partial charge in [-0.1, -0.05) is 15.9 Å². The van der Waals surface area contributed by atoms with Crippen LogP contribution in [0, 0.1) is 10.1 Å². The van der Waals surface area contributed by atoms with Crippen LogP contribution in [-0.4, -0.2) is 22.8 Å². The Hall–Kier alpha value is -4.05. The molecule has 0 atom stereocenters. The summed E-state index contributed by atoms with van der Waals surface area (Å²) in [4.78, 5) is 48.5. The Bertz CT molecular complexity index is 1240. The number of urea groups is 1. The van der Waals surface area contributed by atoms with Crippen LogP contribution in [0.1, 0.15) is 5.76 Å². The molecule has 1 fully saturated rings. The van der Waals surface area contributed by atoms with Crippen molar-refractivity contribution >= 4 is 51.2 Å². The molecule has 0 unspecified atom stereocenters. The third kappa shape index (κ3) is 4.01. The second-order valence-electron chi connectivity index (χ2n) is 6.44. The number of non-ortho nitro benzene ring substituents is 1. The highest BCUT2D eigenvalue weighted by Crippen LogP contribution is 2.27. The summed E-state index contributed by atoms with van der Waals surface area (Å²) in [6.45, 7) is 0. The summed E-state index contributed by atoms with van der Waals surface area (Å²) in [5.74, 6) is -1.02. The fraction of sp³-hybridized carbons (Fsp3) is 0. The van der Waals surface area contributed by atoms with E-state index in [0.29, 0.717) is 17.0 Å². The second kappa shape index (κ2) is 8.00. The smallest absolute Gasteiger partial charge is 0.335 e. The number of nitro benzene ring substituents is 1. The maximum Gasteiger partial charge on any atom is 0.335 e. The molecule has 0 bridgehead atoms. The molecule has 1 aliphatic rings. The number of amides is 4. The van der Waals surface area contributed by atoms with Crippen LogP contribution < -0.4 is 10.2 Å². The molecule has 1 N–H and O–H groups in total. The molecule has 2 aromatic carbocycles. The standard InChI is InChI=1S/C21H12BrN3O6/c22-13-3-7-14(8-4-13)24-20(27)17(19(26)23-21(24)28)11-16-9-10-18(31-16)12-1-5-15(6-2-12)25(29)30/h1-11H,(H,23,26,28)/b17-11-. The first-order valence-electron chi connectivity index (χ1n) is 8.85. The zero-order valence-corrected chi connectivity index (χ0v) is 17.2. The zero-order chi connectivity index (χ0) is 22.1. The minimum atomic E-state index is -0.847. The fourth-order valence-corrected chi connectivity index (χ4v) is 3.22. The average molecular weight is 482 g/mol. The number of anilines is 1. The first-order chi connectivity index (χ1) is 14.8. The van der Waals surface area contributed by atoms with Gasteiger partial charge >= 0.3 is 6.03 Å². The summed E-state index contributed by atoms with van der Waals surface area (Å²) < 4.78 is 6.43. The van der Waals surface area contributed by atoms with Crippen molar-refractivity contribution in [1.29, 1.82) is 0 Å². The van der Waals surface area contributed by atoms with E-state index in [1.54, 1.807) is 36.4 Å². The molecule has 9 nitrogen and oxygen atoms in total. The summed E-state index contributed by atoms with van der Waals surface area (Å²) in [7, 11) is 0. The summed E-state index contributed by atoms with van der Waals surface area (Å²) in [6.07, 6.45) is 1.24. The van der Waals surface area contributed by atoms with Crippen molar-refractivity contribution in [2.24, 2.45) is 0 Å². The number of carbonyl (C=O) groups is 3. The molecular formula is C21H12BrN3O6. The van der Waals surface area contributed by atoms with Crippen LogP contribution in [-0.2, 0) is 9.59 Å². The van der Waals surface area contributed by atoms with Crippen LogP contribution in [0.15, 0.2) is 75.1 Å². The molecule has 0 saturated carbocycles. The van der Waals surface area contributed by atoms with E-state index in [2.05, 4.69) is 21.2 Å². The molecule has 2 heterocycles. The van der Waals surface area contributed by atoms with E-state index in [-0.39, 0.29) is 17.0 Å². The maximum absolute atomic E-state index is 12.9. The minimum absolute atomic E-state index is 0.0557. The molecule has 0 spiro atoms. The Morgan fingerprint density at radius 1 is 0.968 bits per heavy atom. The highest BCUT2D eigenvalue weighted by molar-refractivity contribution is 9.10. The van der Waals surface area contributed by atoms with Crippen LogP contribution in [0.2, 0.25) is 0 Å². The van der Waals surface area contributed by atoms with Crippen molar-refractivity contribution in [3.05, 3.63) is 86.6 Å². The molecule has 10 heteroatoms. The lowest BCUT2D eigenvalue weighted by Gasteiger charge is -2.26. The predicted octanol–water partition coefficient (Wildman–Crippen LogP) is 4.28. The van der Waals surface area contributed by atoms with E-state index in [4.69, 9.17) is 4.42 Å². The number of hydrogen-bond donors (Lipinski definition) is 1. The monoisotopic (exact) mass is 481 g/mol. The fourth-order valence-electron chi connectivity index (χ4n) is 2.96. The lowest BCUT2D eigenvalue weighted by Crippen LogP contribution is -2.54. The summed E-state index contributed by atoms with van der Waals surface area (Å²) in [5.41, 5.74) is 0.559. The molecule has 4 amide bonds. The minimum Gasteiger partial charge on any atom is -0.457 e. The Morgan fingerprint density at radius 3 is 2.29 bits per heavy atom. The molecule has 4 rings (SSSR count). The van der Waals surface area contributed by atoms with Crippen LogP contribution in [0.25, 0.3) is 17.4 Å². The van der Waals surface area contributed by atoms with Crippen molar-refractivity contribution in [3.63, 3.8) is 0 Å². The highest BCUT2D eigenvalue weighted by atomic mass is 79.9. The third-order valence-corrected chi connectivity index (χ3v) is 4.99. The molecule has 1 saturated heterocycles. The molecule has 3 aromatic rings. The number of nitrogens with one attached hydrogen (secondary N) is 1. The van der Waals surface area contributed by atoms with Gasteiger partial charge in [-0.05, 0) is 54.6 Å². The summed E-state index contributed by atoms with van der Waals surface area (Å²) >= 11 is 3.28. The van der Waals surface area contributed by atoms with E-state index >= 15 is 0 Å². The largest absolute Gasteiger partial charge is 0.457 e. The van der Waals surface area contributed by atoms with E-state index < -0.39 is 22.8 Å². The van der Waals surface area contributed by atoms with Gasteiger partial charge in [0, 0.05) is 22.2 Å². The van der Waals surface area contributed by atoms with Gasteiger partial charge in [0.2, 0.25) is 0 Å². The average Bonchev–Trinajstić information content (AvgIpc) is 3.21. The van der Waals surface area contributed by atoms with Crippen LogP contribution in [0.4, 0.5) is 16.2 Å². The molecule has 1 aromatic heterocycles. The molecule has 31 heavy (non-hydrogen) atoms. The van der Waals surface area contributed by atoms with Gasteiger partial charge in [0.1, 0.15) is 17.1 Å². The number of hydrogen-bond acceptors (Lipinski definition) is 6. The van der Waals surface area contributed by atoms with Crippen molar-refractivity contribution in [3.8, 4) is 11.3 Å². The normalized spacial score (nSPS) is 15.3. The van der Waals surface area contributed by atoms with Gasteiger partial charge in [-0.15, -0.1) is 0 Å². The number of nitrogens with zero attached hydrogens (tertiary/aromatic N) is 2. The summed E-state index contributed by atoms with van der Waals surface area (Å²) in [5, 5.41) is 12.9. The van der Waals surface area contributed by atoms with Gasteiger partial charge in [0.25, 0.3) is 17.5 Å². The van der Waals surface area contributed by atoms with Gasteiger partial charge in [0.15, 0.2) is 0 Å². The third-order valence-electron chi connectivity index (χ3n) is 4.46. The van der Waals surface area contributed by atoms with Crippen LogP contribution in [0.3, 0.4) is 0 Å². The van der Waals surface area contributed by atoms with Crippen molar-refractivity contribution in [2.75, 3.05) is 4.90 Å². The van der Waals surface area contributed by atoms with Gasteiger partial charge < -0.3 is 4.42 Å². The van der Waals surface area contributed by atoms with E-state index in [1.165, 1.54) is 30.3 Å². The number of rotatable bonds is 4. The number of imide groups is 2. The lowest BCUT2D eigenvalue weighted by molar-refractivity contribution is -0.384. The van der Waals surface area contributed by atoms with Gasteiger partial charge in [-0.3, -0.25) is 25.0 Å². The first-order valence-corrected chi connectivity index (χ1v) is 9.64. The van der Waals surface area contributed by atoms with Crippen molar-refractivity contribution < 1.29 is 23.7 Å². The van der Waals surface area contributed by atoms with Gasteiger partial charge in [-0.25, -0.2) is 9.69 Å². The Labute approximate surface area is 183 Å². The van der Waals surface area contributed by atoms with Crippen LogP contribution in [0.5, 0.6) is 0 Å². The van der Waals surface area contributed by atoms with Crippen LogP contribution >= 0.6 is 15.9 Å². The highest BCUT2D eigenvalue weighted by Gasteiger charge is 2.37. The molecule has 0 aliphatic carbocycles. The number of benzene rings is 2. The second-order valence-corrected chi connectivity index (χ2v) is 7.36. The van der Waals surface area contributed by atoms with Gasteiger partial charge in [0.05, 0.1) is 10.6 Å². The maximum atomic E-state index is 12.9. The number of carbonyl (C=O) groups excluding carboxylic acids is 3. The number of barbiturate groups is 1. The molecular weight excluding hydrogens is 470 g/mol. The number of halogens is 1. The van der Waals surface area contributed by atoms with Gasteiger partial charge in [-0.2, -0.15) is 0 Å². The Kier molecular flexibility index (Phi) is 5.22.